The number of hydrogen-bond acceptors (Lipinski definition) is 8. The van der Waals surface area contributed by atoms with Gasteiger partial charge >= 0.3 is 0 Å². The summed E-state index contributed by atoms with van der Waals surface area (Å²) in [6, 6.07) is 4.28. The molecule has 0 bridgehead atoms. The third-order valence-corrected chi connectivity index (χ3v) is 7.92. The minimum absolute atomic E-state index is 0.235. The molecule has 2 saturated heterocycles. The van der Waals surface area contributed by atoms with E-state index in [0.717, 1.165) is 57.6 Å². The number of nitrogens with one attached hydrogen (secondary N) is 1. The Kier molecular flexibility index (Phi) is 5.73. The van der Waals surface area contributed by atoms with E-state index in [-0.39, 0.29) is 11.6 Å². The fourth-order valence-electron chi connectivity index (χ4n) is 5.21. The average molecular weight is 480 g/mol. The second-order valence-electron chi connectivity index (χ2n) is 8.95. The van der Waals surface area contributed by atoms with Gasteiger partial charge in [0.05, 0.1) is 29.5 Å². The fourth-order valence-corrected chi connectivity index (χ4v) is 6.31. The van der Waals surface area contributed by atoms with Gasteiger partial charge in [0.15, 0.2) is 11.6 Å². The molecule has 0 spiro atoms. The SMILES string of the molecule is CCOC1(c2csc3c(N4CCOC[C@H]4C)nc(-c4ccnc5[nH]ccc45)nc23)CCOCC1. The predicted molar refractivity (Wildman–Crippen MR) is 133 cm³/mol. The molecule has 6 heterocycles. The number of nitrogens with zero attached hydrogens (tertiary/aromatic N) is 4. The Bertz CT molecular complexity index is 1310. The molecule has 6 rings (SSSR count). The van der Waals surface area contributed by atoms with Crippen molar-refractivity contribution in [2.45, 2.75) is 38.3 Å². The molecule has 2 fully saturated rings. The molecule has 0 unspecified atom stereocenters. The second kappa shape index (κ2) is 8.88. The molecular formula is C25H29N5O3S. The zero-order valence-electron chi connectivity index (χ0n) is 19.5. The van der Waals surface area contributed by atoms with Crippen molar-refractivity contribution >= 4 is 38.4 Å². The molecule has 34 heavy (non-hydrogen) atoms. The van der Waals surface area contributed by atoms with Crippen LogP contribution in [0, 0.1) is 0 Å². The molecule has 4 aromatic rings. The summed E-state index contributed by atoms with van der Waals surface area (Å²) in [6.45, 7) is 8.48. The van der Waals surface area contributed by atoms with Gasteiger partial charge in [-0.1, -0.05) is 0 Å². The lowest BCUT2D eigenvalue weighted by Crippen LogP contribution is -2.44. The fraction of sp³-hybridized carbons (Fsp3) is 0.480. The molecule has 2 aliphatic heterocycles. The number of rotatable bonds is 5. The van der Waals surface area contributed by atoms with E-state index in [4.69, 9.17) is 24.2 Å². The number of fused-ring (bicyclic) bond motifs is 2. The Morgan fingerprint density at radius 1 is 1.21 bits per heavy atom. The number of ether oxygens (including phenoxy) is 3. The van der Waals surface area contributed by atoms with E-state index in [1.165, 1.54) is 0 Å². The number of pyridine rings is 1. The lowest BCUT2D eigenvalue weighted by molar-refractivity contribution is -0.111. The van der Waals surface area contributed by atoms with Gasteiger partial charge in [0.25, 0.3) is 0 Å². The van der Waals surface area contributed by atoms with E-state index in [2.05, 4.69) is 34.1 Å². The predicted octanol–water partition coefficient (Wildman–Crippen LogP) is 4.50. The minimum Gasteiger partial charge on any atom is -0.381 e. The molecular weight excluding hydrogens is 450 g/mol. The molecule has 0 radical (unpaired) electrons. The van der Waals surface area contributed by atoms with Gasteiger partial charge in [-0.2, -0.15) is 0 Å². The maximum absolute atomic E-state index is 6.45. The van der Waals surface area contributed by atoms with Crippen LogP contribution in [0.2, 0.25) is 0 Å². The van der Waals surface area contributed by atoms with Gasteiger partial charge in [-0.3, -0.25) is 0 Å². The van der Waals surface area contributed by atoms with Crippen LogP contribution in [0.25, 0.3) is 32.6 Å². The van der Waals surface area contributed by atoms with E-state index in [0.29, 0.717) is 38.9 Å². The van der Waals surface area contributed by atoms with Gasteiger partial charge in [0, 0.05) is 68.1 Å². The smallest absolute Gasteiger partial charge is 0.163 e. The highest BCUT2D eigenvalue weighted by molar-refractivity contribution is 7.18. The molecule has 0 aromatic carbocycles. The van der Waals surface area contributed by atoms with Crippen molar-refractivity contribution in [1.29, 1.82) is 0 Å². The first-order valence-electron chi connectivity index (χ1n) is 12.0. The van der Waals surface area contributed by atoms with Gasteiger partial charge in [-0.05, 0) is 31.4 Å². The molecule has 2 aliphatic rings. The van der Waals surface area contributed by atoms with Crippen LogP contribution in [0.4, 0.5) is 5.82 Å². The largest absolute Gasteiger partial charge is 0.381 e. The summed E-state index contributed by atoms with van der Waals surface area (Å²) in [5.41, 5.74) is 3.57. The van der Waals surface area contributed by atoms with Gasteiger partial charge in [0.1, 0.15) is 11.2 Å². The van der Waals surface area contributed by atoms with Crippen molar-refractivity contribution < 1.29 is 14.2 Å². The summed E-state index contributed by atoms with van der Waals surface area (Å²) in [5.74, 6) is 1.69. The Balaban J connectivity index is 1.60. The van der Waals surface area contributed by atoms with Crippen molar-refractivity contribution in [3.8, 4) is 11.4 Å². The summed E-state index contributed by atoms with van der Waals surface area (Å²) in [6.07, 6.45) is 5.37. The average Bonchev–Trinajstić information content (AvgIpc) is 3.52. The quantitative estimate of drug-likeness (QED) is 0.451. The second-order valence-corrected chi connectivity index (χ2v) is 9.83. The van der Waals surface area contributed by atoms with Gasteiger partial charge in [-0.15, -0.1) is 11.3 Å². The van der Waals surface area contributed by atoms with E-state index >= 15 is 0 Å². The first kappa shape index (κ1) is 21.9. The van der Waals surface area contributed by atoms with Crippen molar-refractivity contribution in [3.63, 3.8) is 0 Å². The number of H-pyrrole nitrogens is 1. The van der Waals surface area contributed by atoms with Crippen LogP contribution in [0.15, 0.2) is 29.9 Å². The summed E-state index contributed by atoms with van der Waals surface area (Å²) < 4.78 is 19.0. The number of hydrogen-bond donors (Lipinski definition) is 1. The Hall–Kier alpha value is -2.59. The van der Waals surface area contributed by atoms with Gasteiger partial charge in [-0.25, -0.2) is 15.0 Å². The van der Waals surface area contributed by atoms with Gasteiger partial charge < -0.3 is 24.1 Å². The highest BCUT2D eigenvalue weighted by Gasteiger charge is 2.39. The summed E-state index contributed by atoms with van der Waals surface area (Å²) in [7, 11) is 0. The zero-order chi connectivity index (χ0) is 23.1. The molecule has 0 saturated carbocycles. The number of aromatic amines is 1. The lowest BCUT2D eigenvalue weighted by atomic mass is 9.87. The van der Waals surface area contributed by atoms with Crippen LogP contribution in [-0.2, 0) is 19.8 Å². The van der Waals surface area contributed by atoms with Crippen molar-refractivity contribution in [1.82, 2.24) is 19.9 Å². The molecule has 1 atom stereocenters. The monoisotopic (exact) mass is 479 g/mol. The van der Waals surface area contributed by atoms with Crippen LogP contribution >= 0.6 is 11.3 Å². The maximum Gasteiger partial charge on any atom is 0.163 e. The van der Waals surface area contributed by atoms with Crippen molar-refractivity contribution in [2.75, 3.05) is 44.5 Å². The standard InChI is InChI=1S/C25H29N5O3S/c1-3-33-25(6-11-31-12-7-25)19-15-34-21-20(19)28-23(18-5-9-27-22-17(18)4-8-26-22)29-24(21)30-10-13-32-14-16(30)2/h4-5,8-9,15-16H,3,6-7,10-14H2,1-2H3,(H,26,27)/t16-/m1/s1. The highest BCUT2D eigenvalue weighted by Crippen LogP contribution is 2.45. The molecule has 4 aromatic heterocycles. The Labute approximate surface area is 202 Å². The van der Waals surface area contributed by atoms with Crippen LogP contribution in [0.5, 0.6) is 0 Å². The minimum atomic E-state index is -0.383. The Morgan fingerprint density at radius 3 is 2.91 bits per heavy atom. The number of aromatic nitrogens is 4. The first-order chi connectivity index (χ1) is 16.7. The Morgan fingerprint density at radius 2 is 2.09 bits per heavy atom. The highest BCUT2D eigenvalue weighted by atomic mass is 32.1. The third kappa shape index (κ3) is 3.58. The molecule has 8 nitrogen and oxygen atoms in total. The third-order valence-electron chi connectivity index (χ3n) is 6.95. The number of anilines is 1. The van der Waals surface area contributed by atoms with Crippen LogP contribution in [-0.4, -0.2) is 65.6 Å². The van der Waals surface area contributed by atoms with E-state index in [1.54, 1.807) is 11.3 Å². The topological polar surface area (TPSA) is 85.4 Å². The zero-order valence-corrected chi connectivity index (χ0v) is 20.4. The van der Waals surface area contributed by atoms with E-state index < -0.39 is 0 Å². The summed E-state index contributed by atoms with van der Waals surface area (Å²) in [4.78, 5) is 20.4. The van der Waals surface area contributed by atoms with Crippen molar-refractivity contribution in [2.24, 2.45) is 0 Å². The van der Waals surface area contributed by atoms with Crippen LogP contribution in [0.1, 0.15) is 32.3 Å². The van der Waals surface area contributed by atoms with Gasteiger partial charge in [0.2, 0.25) is 0 Å². The van der Waals surface area contributed by atoms with Crippen LogP contribution < -0.4 is 4.90 Å². The molecule has 178 valence electrons. The summed E-state index contributed by atoms with van der Waals surface area (Å²) >= 11 is 1.72. The summed E-state index contributed by atoms with van der Waals surface area (Å²) in [5, 5.41) is 3.25. The maximum atomic E-state index is 6.45. The number of morpholine rings is 1. The molecule has 0 aliphatic carbocycles. The van der Waals surface area contributed by atoms with E-state index in [1.807, 2.05) is 24.5 Å². The normalized spacial score (nSPS) is 20.9. The van der Waals surface area contributed by atoms with Crippen LogP contribution in [0.3, 0.4) is 0 Å². The lowest BCUT2D eigenvalue weighted by Gasteiger charge is -2.37. The van der Waals surface area contributed by atoms with Crippen molar-refractivity contribution in [3.05, 3.63) is 35.5 Å². The first-order valence-corrected chi connectivity index (χ1v) is 12.9. The van der Waals surface area contributed by atoms with E-state index in [9.17, 15) is 0 Å². The molecule has 1 N–H and O–H groups in total. The molecule has 0 amide bonds. The molecule has 9 heteroatoms. The number of thiophene rings is 1.